The third-order valence-electron chi connectivity index (χ3n) is 4.62. The summed E-state index contributed by atoms with van der Waals surface area (Å²) < 4.78 is 18.7. The Morgan fingerprint density at radius 2 is 1.96 bits per heavy atom. The number of carbonyl (C=O) groups excluding carboxylic acids is 1. The summed E-state index contributed by atoms with van der Waals surface area (Å²) in [4.78, 5) is 14.8. The Kier molecular flexibility index (Phi) is 6.74. The molecule has 1 saturated heterocycles. The van der Waals surface area contributed by atoms with E-state index in [0.717, 1.165) is 25.2 Å². The fraction of sp³-hybridized carbons (Fsp3) is 0.318. The first-order valence-corrected chi connectivity index (χ1v) is 9.21. The number of rotatable bonds is 6. The molecule has 4 nitrogen and oxygen atoms in total. The Morgan fingerprint density at radius 3 is 2.67 bits per heavy atom. The molecule has 0 aliphatic carbocycles. The standard InChI is InChI=1S/C22H25FN2O2/c1-17-5-8-19(9-6-17)21(16-25-11-13-27-14-12-25)24-22(26)10-7-18-3-2-4-20(23)15-18/h2-10,15,21H,11-14,16H2,1H3,(H,24,26)/b10-7+. The second kappa shape index (κ2) is 9.44. The van der Waals surface area contributed by atoms with Gasteiger partial charge in [0.1, 0.15) is 5.82 Å². The first-order chi connectivity index (χ1) is 13.1. The van der Waals surface area contributed by atoms with E-state index in [0.29, 0.717) is 18.8 Å². The van der Waals surface area contributed by atoms with Crippen molar-refractivity contribution in [1.82, 2.24) is 10.2 Å². The number of ether oxygens (including phenoxy) is 1. The minimum atomic E-state index is -0.317. The van der Waals surface area contributed by atoms with Crippen LogP contribution in [0.2, 0.25) is 0 Å². The SMILES string of the molecule is Cc1ccc(C(CN2CCOCC2)NC(=O)/C=C/c2cccc(F)c2)cc1. The van der Waals surface area contributed by atoms with Gasteiger partial charge in [-0.25, -0.2) is 4.39 Å². The lowest BCUT2D eigenvalue weighted by molar-refractivity contribution is -0.117. The van der Waals surface area contributed by atoms with E-state index in [1.807, 2.05) is 6.92 Å². The Morgan fingerprint density at radius 1 is 1.22 bits per heavy atom. The van der Waals surface area contributed by atoms with Crippen LogP contribution in [-0.4, -0.2) is 43.7 Å². The van der Waals surface area contributed by atoms with Crippen molar-refractivity contribution in [1.29, 1.82) is 0 Å². The van der Waals surface area contributed by atoms with Crippen LogP contribution in [-0.2, 0) is 9.53 Å². The first kappa shape index (κ1) is 19.3. The zero-order valence-electron chi connectivity index (χ0n) is 15.5. The smallest absolute Gasteiger partial charge is 0.244 e. The van der Waals surface area contributed by atoms with Gasteiger partial charge < -0.3 is 10.1 Å². The van der Waals surface area contributed by atoms with Crippen molar-refractivity contribution >= 4 is 12.0 Å². The molecule has 27 heavy (non-hydrogen) atoms. The third kappa shape index (κ3) is 6.01. The van der Waals surface area contributed by atoms with Crippen LogP contribution in [0.5, 0.6) is 0 Å². The minimum absolute atomic E-state index is 0.117. The lowest BCUT2D eigenvalue weighted by atomic mass is 10.0. The molecule has 0 aromatic heterocycles. The Hall–Kier alpha value is -2.50. The maximum Gasteiger partial charge on any atom is 0.244 e. The maximum atomic E-state index is 13.3. The van der Waals surface area contributed by atoms with Crippen molar-refractivity contribution in [3.05, 3.63) is 77.1 Å². The van der Waals surface area contributed by atoms with Gasteiger partial charge in [-0.3, -0.25) is 9.69 Å². The molecule has 0 saturated carbocycles. The largest absolute Gasteiger partial charge is 0.379 e. The predicted molar refractivity (Wildman–Crippen MR) is 105 cm³/mol. The number of hydrogen-bond donors (Lipinski definition) is 1. The van der Waals surface area contributed by atoms with E-state index in [9.17, 15) is 9.18 Å². The molecule has 0 spiro atoms. The molecule has 2 aromatic carbocycles. The summed E-state index contributed by atoms with van der Waals surface area (Å²) in [6, 6.07) is 14.3. The summed E-state index contributed by atoms with van der Waals surface area (Å²) in [5.74, 6) is -0.513. The highest BCUT2D eigenvalue weighted by molar-refractivity contribution is 5.92. The van der Waals surface area contributed by atoms with Crippen LogP contribution in [0.4, 0.5) is 4.39 Å². The summed E-state index contributed by atoms with van der Waals surface area (Å²) in [5.41, 5.74) is 2.91. The van der Waals surface area contributed by atoms with Crippen molar-refractivity contribution in [2.45, 2.75) is 13.0 Å². The van der Waals surface area contributed by atoms with E-state index in [4.69, 9.17) is 4.74 Å². The average Bonchev–Trinajstić information content (AvgIpc) is 2.67. The molecule has 142 valence electrons. The fourth-order valence-corrected chi connectivity index (χ4v) is 3.08. The highest BCUT2D eigenvalue weighted by Gasteiger charge is 2.19. The van der Waals surface area contributed by atoms with Gasteiger partial charge in [0.2, 0.25) is 5.91 Å². The molecular formula is C22H25FN2O2. The van der Waals surface area contributed by atoms with Crippen LogP contribution in [0.3, 0.4) is 0 Å². The van der Waals surface area contributed by atoms with Crippen LogP contribution >= 0.6 is 0 Å². The van der Waals surface area contributed by atoms with Gasteiger partial charge in [0, 0.05) is 25.7 Å². The van der Waals surface area contributed by atoms with Crippen LogP contribution in [0, 0.1) is 12.7 Å². The molecule has 0 radical (unpaired) electrons. The highest BCUT2D eigenvalue weighted by Crippen LogP contribution is 2.17. The normalized spacial score (nSPS) is 16.4. The number of aryl methyl sites for hydroxylation is 1. The topological polar surface area (TPSA) is 41.6 Å². The van der Waals surface area contributed by atoms with Gasteiger partial charge in [-0.2, -0.15) is 0 Å². The monoisotopic (exact) mass is 368 g/mol. The summed E-state index contributed by atoms with van der Waals surface area (Å²) in [6.45, 7) is 5.92. The molecule has 5 heteroatoms. The maximum absolute atomic E-state index is 13.3. The number of nitrogens with one attached hydrogen (secondary N) is 1. The van der Waals surface area contributed by atoms with Crippen LogP contribution in [0.25, 0.3) is 6.08 Å². The van der Waals surface area contributed by atoms with Crippen LogP contribution < -0.4 is 5.32 Å². The molecule has 2 aromatic rings. The molecule has 1 fully saturated rings. The van der Waals surface area contributed by atoms with Gasteiger partial charge in [0.15, 0.2) is 0 Å². The molecule has 1 aliphatic heterocycles. The van der Waals surface area contributed by atoms with E-state index in [1.54, 1.807) is 18.2 Å². The van der Waals surface area contributed by atoms with Crippen LogP contribution in [0.15, 0.2) is 54.6 Å². The van der Waals surface area contributed by atoms with Gasteiger partial charge >= 0.3 is 0 Å². The van der Waals surface area contributed by atoms with E-state index in [1.165, 1.54) is 23.8 Å². The van der Waals surface area contributed by atoms with Crippen molar-refractivity contribution in [3.63, 3.8) is 0 Å². The summed E-state index contributed by atoms with van der Waals surface area (Å²) >= 11 is 0. The number of nitrogens with zero attached hydrogens (tertiary/aromatic N) is 1. The van der Waals surface area contributed by atoms with Crippen molar-refractivity contribution in [2.75, 3.05) is 32.8 Å². The summed E-state index contributed by atoms with van der Waals surface area (Å²) in [5, 5.41) is 3.08. The number of benzene rings is 2. The molecule has 0 bridgehead atoms. The highest BCUT2D eigenvalue weighted by atomic mass is 19.1. The van der Waals surface area contributed by atoms with Gasteiger partial charge in [0.05, 0.1) is 19.3 Å². The third-order valence-corrected chi connectivity index (χ3v) is 4.62. The van der Waals surface area contributed by atoms with Crippen molar-refractivity contribution in [2.24, 2.45) is 0 Å². The van der Waals surface area contributed by atoms with Crippen molar-refractivity contribution in [3.8, 4) is 0 Å². The molecule has 1 aliphatic rings. The van der Waals surface area contributed by atoms with Gasteiger partial charge in [-0.05, 0) is 36.3 Å². The van der Waals surface area contributed by atoms with Gasteiger partial charge in [-0.15, -0.1) is 0 Å². The number of amides is 1. The van der Waals surface area contributed by atoms with Gasteiger partial charge in [0.25, 0.3) is 0 Å². The molecule has 1 atom stereocenters. The Balaban J connectivity index is 1.69. The zero-order chi connectivity index (χ0) is 19.1. The van der Waals surface area contributed by atoms with Gasteiger partial charge in [-0.1, -0.05) is 42.0 Å². The van der Waals surface area contributed by atoms with Crippen LogP contribution in [0.1, 0.15) is 22.7 Å². The summed E-state index contributed by atoms with van der Waals surface area (Å²) in [7, 11) is 0. The fourth-order valence-electron chi connectivity index (χ4n) is 3.08. The Bertz CT molecular complexity index is 783. The van der Waals surface area contributed by atoms with E-state index in [2.05, 4.69) is 34.5 Å². The number of carbonyl (C=O) groups is 1. The number of halogens is 1. The quantitative estimate of drug-likeness (QED) is 0.795. The predicted octanol–water partition coefficient (Wildman–Crippen LogP) is 3.34. The molecule has 1 heterocycles. The van der Waals surface area contributed by atoms with E-state index < -0.39 is 0 Å². The first-order valence-electron chi connectivity index (χ1n) is 9.21. The molecule has 1 unspecified atom stereocenters. The number of hydrogen-bond acceptors (Lipinski definition) is 3. The zero-order valence-corrected chi connectivity index (χ0v) is 15.5. The average molecular weight is 368 g/mol. The Labute approximate surface area is 159 Å². The van der Waals surface area contributed by atoms with Crippen molar-refractivity contribution < 1.29 is 13.9 Å². The molecule has 3 rings (SSSR count). The second-order valence-corrected chi connectivity index (χ2v) is 6.77. The van der Waals surface area contributed by atoms with E-state index >= 15 is 0 Å². The molecule has 1 N–H and O–H groups in total. The minimum Gasteiger partial charge on any atom is -0.379 e. The number of morpholine rings is 1. The molecule has 1 amide bonds. The van der Waals surface area contributed by atoms with E-state index in [-0.39, 0.29) is 17.8 Å². The lowest BCUT2D eigenvalue weighted by Gasteiger charge is -2.31. The summed E-state index contributed by atoms with van der Waals surface area (Å²) in [6.07, 6.45) is 3.08. The second-order valence-electron chi connectivity index (χ2n) is 6.77. The lowest BCUT2D eigenvalue weighted by Crippen LogP contribution is -2.42. The molecular weight excluding hydrogens is 343 g/mol.